The number of amides is 1. The molecule has 1 aliphatic rings. The number of hydrogen-bond donors (Lipinski definition) is 1. The maximum atomic E-state index is 13.0. The molecule has 8 heteroatoms. The molecule has 2 heterocycles. The Bertz CT molecular complexity index is 1160. The third kappa shape index (κ3) is 3.76. The average molecular weight is 409 g/mol. The van der Waals surface area contributed by atoms with Gasteiger partial charge in [-0.25, -0.2) is 9.07 Å². The van der Waals surface area contributed by atoms with Crippen molar-refractivity contribution in [1.29, 1.82) is 0 Å². The maximum Gasteiger partial charge on any atom is 0.267 e. The molecule has 0 bridgehead atoms. The van der Waals surface area contributed by atoms with Crippen molar-refractivity contribution in [2.45, 2.75) is 25.9 Å². The van der Waals surface area contributed by atoms with E-state index in [-0.39, 0.29) is 25.1 Å². The van der Waals surface area contributed by atoms with E-state index in [0.717, 1.165) is 15.8 Å². The van der Waals surface area contributed by atoms with Crippen molar-refractivity contribution in [3.05, 3.63) is 76.3 Å². The van der Waals surface area contributed by atoms with Crippen LogP contribution in [-0.4, -0.2) is 22.5 Å². The second-order valence-electron chi connectivity index (χ2n) is 7.40. The fraction of sp³-hybridized carbons (Fsp3) is 0.227. The van der Waals surface area contributed by atoms with Crippen LogP contribution in [0.25, 0.3) is 11.3 Å². The molecule has 1 aliphatic heterocycles. The zero-order valence-electron chi connectivity index (χ0n) is 16.5. The fourth-order valence-electron chi connectivity index (χ4n) is 3.12. The number of carbonyl (C=O) groups is 1. The van der Waals surface area contributed by atoms with Gasteiger partial charge in [-0.05, 0) is 55.8 Å². The lowest BCUT2D eigenvalue weighted by Crippen LogP contribution is -2.49. The number of carbonyl (C=O) groups excluding carboxylic acids is 1. The van der Waals surface area contributed by atoms with Crippen LogP contribution in [0.1, 0.15) is 19.4 Å². The molecule has 30 heavy (non-hydrogen) atoms. The van der Waals surface area contributed by atoms with Gasteiger partial charge in [0.1, 0.15) is 11.4 Å². The Hall–Kier alpha value is -3.68. The summed E-state index contributed by atoms with van der Waals surface area (Å²) in [5, 5.41) is 7.20. The minimum absolute atomic E-state index is 0.160. The Morgan fingerprint density at radius 1 is 1.10 bits per heavy atom. The second kappa shape index (κ2) is 7.62. The molecule has 0 fully saturated rings. The number of nitrogens with zero attached hydrogens (tertiary/aromatic N) is 2. The second-order valence-corrected chi connectivity index (χ2v) is 7.40. The molecule has 0 spiro atoms. The molecule has 0 saturated carbocycles. The van der Waals surface area contributed by atoms with Crippen LogP contribution in [0.15, 0.2) is 59.4 Å². The first-order valence-corrected chi connectivity index (χ1v) is 9.38. The number of hydrogen-bond acceptors (Lipinski definition) is 5. The minimum atomic E-state index is -1.25. The first kappa shape index (κ1) is 19.6. The molecule has 3 aromatic rings. The zero-order valence-corrected chi connectivity index (χ0v) is 16.5. The smallest absolute Gasteiger partial charge is 0.267 e. The van der Waals surface area contributed by atoms with Crippen molar-refractivity contribution in [2.24, 2.45) is 0 Å². The lowest BCUT2D eigenvalue weighted by molar-refractivity contribution is -0.129. The SMILES string of the molecule is CC(C)(C(=O)NCc1ccc(F)cc1)n1nc(-c2ccc3c(c2)OCO3)ccc1=O. The van der Waals surface area contributed by atoms with E-state index in [1.807, 2.05) is 6.07 Å². The number of benzene rings is 2. The van der Waals surface area contributed by atoms with Crippen LogP contribution >= 0.6 is 0 Å². The third-order valence-corrected chi connectivity index (χ3v) is 4.92. The predicted octanol–water partition coefficient (Wildman–Crippen LogP) is 2.83. The summed E-state index contributed by atoms with van der Waals surface area (Å²) < 4.78 is 24.9. The first-order valence-electron chi connectivity index (χ1n) is 9.38. The van der Waals surface area contributed by atoms with Crippen molar-refractivity contribution >= 4 is 5.91 Å². The predicted molar refractivity (Wildman–Crippen MR) is 108 cm³/mol. The summed E-state index contributed by atoms with van der Waals surface area (Å²) in [6.45, 7) is 3.60. The summed E-state index contributed by atoms with van der Waals surface area (Å²) in [6.07, 6.45) is 0. The molecule has 1 amide bonds. The number of rotatable bonds is 5. The minimum Gasteiger partial charge on any atom is -0.454 e. The lowest BCUT2D eigenvalue weighted by Gasteiger charge is -2.25. The van der Waals surface area contributed by atoms with E-state index in [9.17, 15) is 14.0 Å². The van der Waals surface area contributed by atoms with Crippen molar-refractivity contribution < 1.29 is 18.7 Å². The Kier molecular flexibility index (Phi) is 4.99. The summed E-state index contributed by atoms with van der Waals surface area (Å²) in [6, 6.07) is 14.2. The quantitative estimate of drug-likeness (QED) is 0.701. The van der Waals surface area contributed by atoms with Gasteiger partial charge in [-0.3, -0.25) is 9.59 Å². The van der Waals surface area contributed by atoms with E-state index < -0.39 is 11.1 Å². The summed E-state index contributed by atoms with van der Waals surface area (Å²) in [5.74, 6) is 0.515. The van der Waals surface area contributed by atoms with Gasteiger partial charge in [0.15, 0.2) is 11.5 Å². The Labute approximate surface area is 172 Å². The topological polar surface area (TPSA) is 82.5 Å². The summed E-state index contributed by atoms with van der Waals surface area (Å²) in [4.78, 5) is 25.3. The number of halogens is 1. The van der Waals surface area contributed by atoms with E-state index in [4.69, 9.17) is 9.47 Å². The van der Waals surface area contributed by atoms with Crippen molar-refractivity contribution in [1.82, 2.24) is 15.1 Å². The number of nitrogens with one attached hydrogen (secondary N) is 1. The van der Waals surface area contributed by atoms with Crippen LogP contribution < -0.4 is 20.3 Å². The van der Waals surface area contributed by atoms with Gasteiger partial charge in [0.25, 0.3) is 5.56 Å². The van der Waals surface area contributed by atoms with Gasteiger partial charge in [0.2, 0.25) is 12.7 Å². The van der Waals surface area contributed by atoms with Gasteiger partial charge >= 0.3 is 0 Å². The normalized spacial score (nSPS) is 12.6. The summed E-state index contributed by atoms with van der Waals surface area (Å²) in [5.41, 5.74) is 0.350. The molecular weight excluding hydrogens is 389 g/mol. The van der Waals surface area contributed by atoms with Crippen LogP contribution in [-0.2, 0) is 16.9 Å². The molecule has 0 saturated heterocycles. The molecule has 0 radical (unpaired) electrons. The molecule has 4 rings (SSSR count). The van der Waals surface area contributed by atoms with Gasteiger partial charge in [-0.15, -0.1) is 0 Å². The van der Waals surface area contributed by atoms with Crippen molar-refractivity contribution in [3.8, 4) is 22.8 Å². The third-order valence-electron chi connectivity index (χ3n) is 4.92. The van der Waals surface area contributed by atoms with Gasteiger partial charge < -0.3 is 14.8 Å². The zero-order chi connectivity index (χ0) is 21.3. The van der Waals surface area contributed by atoms with Crippen LogP contribution in [0.3, 0.4) is 0 Å². The molecule has 2 aromatic carbocycles. The lowest BCUT2D eigenvalue weighted by atomic mass is 10.0. The highest BCUT2D eigenvalue weighted by molar-refractivity contribution is 5.83. The first-order chi connectivity index (χ1) is 14.3. The van der Waals surface area contributed by atoms with Gasteiger partial charge in [-0.1, -0.05) is 12.1 Å². The Balaban J connectivity index is 1.58. The van der Waals surface area contributed by atoms with Crippen molar-refractivity contribution in [3.63, 3.8) is 0 Å². The van der Waals surface area contributed by atoms with Crippen LogP contribution in [0, 0.1) is 5.82 Å². The maximum absolute atomic E-state index is 13.0. The van der Waals surface area contributed by atoms with E-state index >= 15 is 0 Å². The van der Waals surface area contributed by atoms with Gasteiger partial charge in [0, 0.05) is 18.2 Å². The largest absolute Gasteiger partial charge is 0.454 e. The molecule has 1 N–H and O–H groups in total. The number of fused-ring (bicyclic) bond motifs is 1. The van der Waals surface area contributed by atoms with E-state index in [1.165, 1.54) is 18.2 Å². The highest BCUT2D eigenvalue weighted by Crippen LogP contribution is 2.35. The van der Waals surface area contributed by atoms with E-state index in [1.54, 1.807) is 44.2 Å². The molecule has 154 valence electrons. The molecule has 0 aliphatic carbocycles. The molecule has 7 nitrogen and oxygen atoms in total. The van der Waals surface area contributed by atoms with Crippen molar-refractivity contribution in [2.75, 3.05) is 6.79 Å². The fourth-order valence-corrected chi connectivity index (χ4v) is 3.12. The molecule has 1 aromatic heterocycles. The van der Waals surface area contributed by atoms with E-state index in [0.29, 0.717) is 17.2 Å². The number of ether oxygens (including phenoxy) is 2. The Morgan fingerprint density at radius 2 is 1.83 bits per heavy atom. The van der Waals surface area contributed by atoms with E-state index in [2.05, 4.69) is 10.4 Å². The summed E-state index contributed by atoms with van der Waals surface area (Å²) in [7, 11) is 0. The molecule has 0 atom stereocenters. The number of aromatic nitrogens is 2. The standard InChI is InChI=1S/C22H20FN3O4/c1-22(2,21(28)24-12-14-3-6-16(23)7-4-14)26-20(27)10-8-17(25-26)15-5-9-18-19(11-15)30-13-29-18/h3-11H,12-13H2,1-2H3,(H,24,28). The Morgan fingerprint density at radius 3 is 2.60 bits per heavy atom. The molecule has 0 unspecified atom stereocenters. The van der Waals surface area contributed by atoms with Gasteiger partial charge in [0.05, 0.1) is 5.69 Å². The highest BCUT2D eigenvalue weighted by Gasteiger charge is 2.32. The van der Waals surface area contributed by atoms with Crippen LogP contribution in [0.5, 0.6) is 11.5 Å². The summed E-state index contributed by atoms with van der Waals surface area (Å²) >= 11 is 0. The van der Waals surface area contributed by atoms with Gasteiger partial charge in [-0.2, -0.15) is 5.10 Å². The monoisotopic (exact) mass is 409 g/mol. The highest BCUT2D eigenvalue weighted by atomic mass is 19.1. The molecular formula is C22H20FN3O4. The van der Waals surface area contributed by atoms with Crippen LogP contribution in [0.2, 0.25) is 0 Å². The van der Waals surface area contributed by atoms with Crippen LogP contribution in [0.4, 0.5) is 4.39 Å². The average Bonchev–Trinajstić information content (AvgIpc) is 3.21.